The molecule has 0 radical (unpaired) electrons. The number of rotatable bonds is 1. The van der Waals surface area contributed by atoms with Crippen LogP contribution in [0.15, 0.2) is 35.0 Å². The second kappa shape index (κ2) is 4.07. The molecule has 3 aromatic rings. The fraction of sp³-hybridized carbons (Fsp3) is 0.0769. The summed E-state index contributed by atoms with van der Waals surface area (Å²) < 4.78 is 19.1. The van der Waals surface area contributed by atoms with Gasteiger partial charge in [-0.3, -0.25) is 4.98 Å². The summed E-state index contributed by atoms with van der Waals surface area (Å²) in [6, 6.07) is 5.01. The molecule has 0 aliphatic carbocycles. The Bertz CT molecular complexity index is 700. The molecule has 0 saturated heterocycles. The van der Waals surface area contributed by atoms with Crippen molar-refractivity contribution in [3.8, 4) is 11.5 Å². The highest BCUT2D eigenvalue weighted by Crippen LogP contribution is 2.29. The topological polar surface area (TPSA) is 38.9 Å². The molecule has 2 aromatic heterocycles. The molecule has 90 valence electrons. The van der Waals surface area contributed by atoms with E-state index in [9.17, 15) is 4.39 Å². The molecule has 3 nitrogen and oxygen atoms in total. The molecule has 2 heterocycles. The predicted molar refractivity (Wildman–Crippen MR) is 66.9 cm³/mol. The van der Waals surface area contributed by atoms with Crippen LogP contribution in [0, 0.1) is 12.7 Å². The van der Waals surface area contributed by atoms with Gasteiger partial charge in [-0.25, -0.2) is 9.37 Å². The Hall–Kier alpha value is -1.94. The smallest absolute Gasteiger partial charge is 0.230 e. The van der Waals surface area contributed by atoms with E-state index in [-0.39, 0.29) is 11.5 Å². The molecule has 0 spiro atoms. The maximum absolute atomic E-state index is 13.6. The van der Waals surface area contributed by atoms with Gasteiger partial charge in [0.25, 0.3) is 0 Å². The van der Waals surface area contributed by atoms with Gasteiger partial charge < -0.3 is 4.42 Å². The van der Waals surface area contributed by atoms with Crippen molar-refractivity contribution >= 4 is 22.7 Å². The van der Waals surface area contributed by atoms with Gasteiger partial charge in [-0.05, 0) is 24.6 Å². The molecular formula is C13H8ClFN2O. The van der Waals surface area contributed by atoms with Gasteiger partial charge in [0.1, 0.15) is 5.52 Å². The molecule has 0 amide bonds. The monoisotopic (exact) mass is 262 g/mol. The second-order valence-corrected chi connectivity index (χ2v) is 4.35. The van der Waals surface area contributed by atoms with Crippen LogP contribution in [-0.4, -0.2) is 9.97 Å². The number of hydrogen-bond donors (Lipinski definition) is 0. The fourth-order valence-electron chi connectivity index (χ4n) is 1.72. The minimum atomic E-state index is -0.466. The van der Waals surface area contributed by atoms with Gasteiger partial charge in [0.2, 0.25) is 5.89 Å². The molecule has 0 N–H and O–H groups in total. The molecule has 0 unspecified atom stereocenters. The number of fused-ring (bicyclic) bond motifs is 1. The third kappa shape index (κ3) is 1.75. The summed E-state index contributed by atoms with van der Waals surface area (Å²) in [6.45, 7) is 1.88. The summed E-state index contributed by atoms with van der Waals surface area (Å²) in [7, 11) is 0. The van der Waals surface area contributed by atoms with Crippen LogP contribution in [0.5, 0.6) is 0 Å². The van der Waals surface area contributed by atoms with Gasteiger partial charge in [-0.1, -0.05) is 11.6 Å². The van der Waals surface area contributed by atoms with Crippen LogP contribution in [0.1, 0.15) is 5.56 Å². The van der Waals surface area contributed by atoms with Gasteiger partial charge in [-0.15, -0.1) is 0 Å². The zero-order valence-electron chi connectivity index (χ0n) is 9.45. The average Bonchev–Trinajstić information content (AvgIpc) is 2.73. The summed E-state index contributed by atoms with van der Waals surface area (Å²) in [5.74, 6) is -0.238. The lowest BCUT2D eigenvalue weighted by Crippen LogP contribution is -1.84. The largest absolute Gasteiger partial charge is 0.436 e. The number of benzene rings is 1. The number of halogens is 2. The average molecular weight is 263 g/mol. The van der Waals surface area contributed by atoms with Crippen LogP contribution in [0.3, 0.4) is 0 Å². The second-order valence-electron chi connectivity index (χ2n) is 3.94. The molecule has 0 aliphatic rings. The lowest BCUT2D eigenvalue weighted by atomic mass is 10.2. The summed E-state index contributed by atoms with van der Waals surface area (Å²) in [5.41, 5.74) is 2.38. The molecule has 3 rings (SSSR count). The number of aromatic nitrogens is 2. The van der Waals surface area contributed by atoms with Crippen LogP contribution >= 0.6 is 11.6 Å². The zero-order valence-corrected chi connectivity index (χ0v) is 10.2. The van der Waals surface area contributed by atoms with E-state index in [0.29, 0.717) is 16.1 Å². The first-order chi connectivity index (χ1) is 8.65. The Morgan fingerprint density at radius 3 is 2.94 bits per heavy atom. The van der Waals surface area contributed by atoms with Crippen molar-refractivity contribution in [2.75, 3.05) is 0 Å². The Morgan fingerprint density at radius 2 is 2.17 bits per heavy atom. The minimum Gasteiger partial charge on any atom is -0.436 e. The molecule has 1 aromatic carbocycles. The van der Waals surface area contributed by atoms with E-state index in [4.69, 9.17) is 16.0 Å². The van der Waals surface area contributed by atoms with Gasteiger partial charge in [0.05, 0.1) is 11.8 Å². The highest BCUT2D eigenvalue weighted by Gasteiger charge is 2.13. The third-order valence-corrected chi connectivity index (χ3v) is 3.08. The minimum absolute atomic E-state index is 0.228. The number of oxazole rings is 1. The Balaban J connectivity index is 2.23. The molecular weight excluding hydrogens is 255 g/mol. The first kappa shape index (κ1) is 11.2. The van der Waals surface area contributed by atoms with Crippen molar-refractivity contribution in [3.63, 3.8) is 0 Å². The molecule has 0 bridgehead atoms. The van der Waals surface area contributed by atoms with Crippen molar-refractivity contribution in [3.05, 3.63) is 47.0 Å². The van der Waals surface area contributed by atoms with Crippen LogP contribution in [0.4, 0.5) is 4.39 Å². The normalized spacial score (nSPS) is 11.1. The summed E-state index contributed by atoms with van der Waals surface area (Å²) in [4.78, 5) is 7.94. The van der Waals surface area contributed by atoms with E-state index in [1.807, 2.05) is 13.0 Å². The lowest BCUT2D eigenvalue weighted by Gasteiger charge is -1.95. The first-order valence-corrected chi connectivity index (χ1v) is 5.69. The van der Waals surface area contributed by atoms with Crippen LogP contribution in [0.2, 0.25) is 5.02 Å². The maximum Gasteiger partial charge on any atom is 0.230 e. The quantitative estimate of drug-likeness (QED) is 0.666. The van der Waals surface area contributed by atoms with Gasteiger partial charge in [-0.2, -0.15) is 0 Å². The van der Waals surface area contributed by atoms with Gasteiger partial charge in [0, 0.05) is 17.3 Å². The molecule has 0 fully saturated rings. The van der Waals surface area contributed by atoms with Gasteiger partial charge in [0.15, 0.2) is 11.4 Å². The van der Waals surface area contributed by atoms with E-state index in [0.717, 1.165) is 11.8 Å². The van der Waals surface area contributed by atoms with E-state index in [1.165, 1.54) is 12.3 Å². The Labute approximate surface area is 107 Å². The standard InChI is InChI=1S/C13H8ClFN2O/c1-7-4-11-12(5-9(7)14)18-13(17-11)8-2-3-16-6-10(8)15/h2-6H,1H3. The van der Waals surface area contributed by atoms with Crippen molar-refractivity contribution in [1.29, 1.82) is 0 Å². The maximum atomic E-state index is 13.6. The summed E-state index contributed by atoms with van der Waals surface area (Å²) in [5, 5.41) is 0.598. The van der Waals surface area contributed by atoms with Crippen molar-refractivity contribution in [2.45, 2.75) is 6.92 Å². The lowest BCUT2D eigenvalue weighted by molar-refractivity contribution is 0.590. The van der Waals surface area contributed by atoms with E-state index in [2.05, 4.69) is 9.97 Å². The Kier molecular flexibility index (Phi) is 2.52. The van der Waals surface area contributed by atoms with E-state index in [1.54, 1.807) is 6.07 Å². The molecule has 5 heteroatoms. The van der Waals surface area contributed by atoms with Crippen LogP contribution in [-0.2, 0) is 0 Å². The van der Waals surface area contributed by atoms with Gasteiger partial charge >= 0.3 is 0 Å². The number of nitrogens with zero attached hydrogens (tertiary/aromatic N) is 2. The first-order valence-electron chi connectivity index (χ1n) is 5.32. The third-order valence-electron chi connectivity index (χ3n) is 2.67. The fourth-order valence-corrected chi connectivity index (χ4v) is 1.87. The molecule has 0 atom stereocenters. The zero-order chi connectivity index (χ0) is 12.7. The van der Waals surface area contributed by atoms with Crippen molar-refractivity contribution in [1.82, 2.24) is 9.97 Å². The van der Waals surface area contributed by atoms with E-state index < -0.39 is 5.82 Å². The Morgan fingerprint density at radius 1 is 1.33 bits per heavy atom. The molecule has 0 aliphatic heterocycles. The van der Waals surface area contributed by atoms with Crippen LogP contribution in [0.25, 0.3) is 22.6 Å². The molecule has 18 heavy (non-hydrogen) atoms. The summed E-state index contributed by atoms with van der Waals surface area (Å²) >= 11 is 6.00. The number of pyridine rings is 1. The highest BCUT2D eigenvalue weighted by atomic mass is 35.5. The summed E-state index contributed by atoms with van der Waals surface area (Å²) in [6.07, 6.45) is 2.62. The number of aryl methyl sites for hydroxylation is 1. The van der Waals surface area contributed by atoms with Crippen molar-refractivity contribution in [2.24, 2.45) is 0 Å². The molecule has 0 saturated carbocycles. The highest BCUT2D eigenvalue weighted by molar-refractivity contribution is 6.32. The van der Waals surface area contributed by atoms with E-state index >= 15 is 0 Å². The van der Waals surface area contributed by atoms with Crippen molar-refractivity contribution < 1.29 is 8.81 Å². The number of hydrogen-bond acceptors (Lipinski definition) is 3. The predicted octanol–water partition coefficient (Wildman–Crippen LogP) is 3.99. The SMILES string of the molecule is Cc1cc2nc(-c3ccncc3F)oc2cc1Cl. The van der Waals surface area contributed by atoms with Crippen LogP contribution < -0.4 is 0 Å².